The van der Waals surface area contributed by atoms with Crippen molar-refractivity contribution in [3.05, 3.63) is 53.0 Å². The molecule has 3 heterocycles. The number of Topliss-reactive ketones (excluding diaryl/α,β-unsaturated/α-hetero) is 1. The summed E-state index contributed by atoms with van der Waals surface area (Å²) in [7, 11) is 0. The van der Waals surface area contributed by atoms with Gasteiger partial charge in [-0.05, 0) is 51.0 Å². The zero-order valence-electron chi connectivity index (χ0n) is 15.2. The first kappa shape index (κ1) is 16.9. The summed E-state index contributed by atoms with van der Waals surface area (Å²) in [4.78, 5) is 27.0. The second-order valence-electron chi connectivity index (χ2n) is 7.35. The number of furan rings is 1. The molecule has 4 rings (SSSR count). The van der Waals surface area contributed by atoms with E-state index in [2.05, 4.69) is 0 Å². The standard InChI is InChI=1S/C21H23NO4/c1-13-5-7-18-16(10-13)17(23)11-20(26-18)15-4-3-9-22(12-15)21(24)19-8-6-14(2)25-19/h5-8,10,15,20H,3-4,9,11-12H2,1-2H3/t15-,20-/m1/s1. The van der Waals surface area contributed by atoms with E-state index in [-0.39, 0.29) is 23.7 Å². The SMILES string of the molecule is Cc1ccc2c(c1)C(=O)C[C@H]([C@@H]1CCCN(C(=O)c3ccc(C)o3)C1)O2. The van der Waals surface area contributed by atoms with Crippen molar-refractivity contribution in [2.75, 3.05) is 13.1 Å². The number of rotatable bonds is 2. The van der Waals surface area contributed by atoms with Gasteiger partial charge in [0.15, 0.2) is 11.5 Å². The van der Waals surface area contributed by atoms with Crippen molar-refractivity contribution in [3.8, 4) is 5.75 Å². The first-order valence-electron chi connectivity index (χ1n) is 9.17. The maximum Gasteiger partial charge on any atom is 0.289 e. The van der Waals surface area contributed by atoms with Crippen LogP contribution in [0, 0.1) is 19.8 Å². The highest BCUT2D eigenvalue weighted by Gasteiger charge is 2.36. The van der Waals surface area contributed by atoms with Gasteiger partial charge in [0.05, 0.1) is 5.56 Å². The normalized spacial score (nSPS) is 22.7. The molecule has 2 atom stereocenters. The van der Waals surface area contributed by atoms with E-state index in [1.807, 2.05) is 36.9 Å². The molecule has 1 aromatic carbocycles. The number of amides is 1. The second kappa shape index (κ2) is 6.63. The smallest absolute Gasteiger partial charge is 0.289 e. The van der Waals surface area contributed by atoms with Crippen molar-refractivity contribution < 1.29 is 18.7 Å². The van der Waals surface area contributed by atoms with Crippen molar-refractivity contribution in [1.82, 2.24) is 4.90 Å². The van der Waals surface area contributed by atoms with Gasteiger partial charge in [-0.25, -0.2) is 0 Å². The molecule has 0 bridgehead atoms. The molecule has 0 saturated carbocycles. The van der Waals surface area contributed by atoms with Gasteiger partial charge in [0.25, 0.3) is 5.91 Å². The number of ether oxygens (including phenoxy) is 1. The predicted octanol–water partition coefficient (Wildman–Crippen LogP) is 3.78. The van der Waals surface area contributed by atoms with Crippen LogP contribution in [-0.2, 0) is 0 Å². The Morgan fingerprint density at radius 3 is 2.81 bits per heavy atom. The van der Waals surface area contributed by atoms with E-state index in [4.69, 9.17) is 9.15 Å². The molecule has 1 amide bonds. The van der Waals surface area contributed by atoms with Gasteiger partial charge in [-0.3, -0.25) is 9.59 Å². The van der Waals surface area contributed by atoms with Crippen LogP contribution in [0.4, 0.5) is 0 Å². The van der Waals surface area contributed by atoms with E-state index in [9.17, 15) is 9.59 Å². The zero-order valence-corrected chi connectivity index (χ0v) is 15.2. The topological polar surface area (TPSA) is 59.8 Å². The molecule has 5 nitrogen and oxygen atoms in total. The minimum Gasteiger partial charge on any atom is -0.489 e. The Kier molecular flexibility index (Phi) is 4.31. The summed E-state index contributed by atoms with van der Waals surface area (Å²) in [5.74, 6) is 1.98. The van der Waals surface area contributed by atoms with Gasteiger partial charge in [0, 0.05) is 25.4 Å². The number of hydrogen-bond acceptors (Lipinski definition) is 4. The summed E-state index contributed by atoms with van der Waals surface area (Å²) in [6.45, 7) is 5.11. The zero-order chi connectivity index (χ0) is 18.3. The van der Waals surface area contributed by atoms with Gasteiger partial charge in [-0.1, -0.05) is 11.6 Å². The van der Waals surface area contributed by atoms with Crippen LogP contribution in [0.3, 0.4) is 0 Å². The number of piperidine rings is 1. The summed E-state index contributed by atoms with van der Waals surface area (Å²) in [6.07, 6.45) is 2.07. The van der Waals surface area contributed by atoms with E-state index < -0.39 is 0 Å². The quantitative estimate of drug-likeness (QED) is 0.824. The summed E-state index contributed by atoms with van der Waals surface area (Å²) in [6, 6.07) is 9.26. The number of fused-ring (bicyclic) bond motifs is 1. The Morgan fingerprint density at radius 2 is 2.04 bits per heavy atom. The minimum absolute atomic E-state index is 0.0824. The average molecular weight is 353 g/mol. The van der Waals surface area contributed by atoms with Crippen LogP contribution in [0.5, 0.6) is 5.75 Å². The molecule has 1 fully saturated rings. The molecule has 0 unspecified atom stereocenters. The molecule has 2 aliphatic heterocycles. The lowest BCUT2D eigenvalue weighted by Crippen LogP contribution is -2.46. The van der Waals surface area contributed by atoms with E-state index in [1.165, 1.54) is 0 Å². The lowest BCUT2D eigenvalue weighted by atomic mass is 9.86. The van der Waals surface area contributed by atoms with E-state index >= 15 is 0 Å². The highest BCUT2D eigenvalue weighted by molar-refractivity contribution is 6.00. The van der Waals surface area contributed by atoms with Gasteiger partial charge < -0.3 is 14.1 Å². The molecule has 136 valence electrons. The van der Waals surface area contributed by atoms with E-state index in [0.717, 1.165) is 24.2 Å². The van der Waals surface area contributed by atoms with Gasteiger partial charge >= 0.3 is 0 Å². The van der Waals surface area contributed by atoms with Crippen LogP contribution >= 0.6 is 0 Å². The third kappa shape index (κ3) is 3.14. The monoisotopic (exact) mass is 353 g/mol. The van der Waals surface area contributed by atoms with Gasteiger partial charge in [0.2, 0.25) is 0 Å². The fourth-order valence-electron chi connectivity index (χ4n) is 3.93. The molecular formula is C21H23NO4. The van der Waals surface area contributed by atoms with Crippen molar-refractivity contribution in [2.45, 2.75) is 39.2 Å². The highest BCUT2D eigenvalue weighted by atomic mass is 16.5. The molecule has 0 N–H and O–H groups in total. The molecule has 2 aliphatic rings. The van der Waals surface area contributed by atoms with Crippen LogP contribution in [0.2, 0.25) is 0 Å². The molecule has 5 heteroatoms. The van der Waals surface area contributed by atoms with Crippen LogP contribution in [0.15, 0.2) is 34.7 Å². The largest absolute Gasteiger partial charge is 0.489 e. The third-order valence-electron chi connectivity index (χ3n) is 5.32. The highest BCUT2D eigenvalue weighted by Crippen LogP contribution is 2.34. The fraction of sp³-hybridized carbons (Fsp3) is 0.429. The lowest BCUT2D eigenvalue weighted by molar-refractivity contribution is 0.0391. The second-order valence-corrected chi connectivity index (χ2v) is 7.35. The van der Waals surface area contributed by atoms with Crippen molar-refractivity contribution in [2.24, 2.45) is 5.92 Å². The molecule has 1 saturated heterocycles. The molecule has 0 aliphatic carbocycles. The number of ketones is 1. The van der Waals surface area contributed by atoms with Gasteiger partial charge in [-0.2, -0.15) is 0 Å². The Bertz CT molecular complexity index is 853. The summed E-state index contributed by atoms with van der Waals surface area (Å²) in [5.41, 5.74) is 1.73. The third-order valence-corrected chi connectivity index (χ3v) is 5.32. The molecular weight excluding hydrogens is 330 g/mol. The molecule has 0 spiro atoms. The number of benzene rings is 1. The summed E-state index contributed by atoms with van der Waals surface area (Å²) >= 11 is 0. The Hall–Kier alpha value is -2.56. The fourth-order valence-corrected chi connectivity index (χ4v) is 3.93. The predicted molar refractivity (Wildman–Crippen MR) is 96.6 cm³/mol. The average Bonchev–Trinajstić information content (AvgIpc) is 3.08. The lowest BCUT2D eigenvalue weighted by Gasteiger charge is -2.38. The number of likely N-dealkylation sites (tertiary alicyclic amines) is 1. The van der Waals surface area contributed by atoms with Crippen LogP contribution in [0.1, 0.15) is 51.5 Å². The van der Waals surface area contributed by atoms with Crippen LogP contribution < -0.4 is 4.74 Å². The summed E-state index contributed by atoms with van der Waals surface area (Å²) in [5, 5.41) is 0. The number of carbonyl (C=O) groups is 2. The molecule has 26 heavy (non-hydrogen) atoms. The maximum absolute atomic E-state index is 12.7. The maximum atomic E-state index is 12.7. The first-order chi connectivity index (χ1) is 12.5. The van der Waals surface area contributed by atoms with Crippen molar-refractivity contribution in [1.29, 1.82) is 0 Å². The van der Waals surface area contributed by atoms with Crippen molar-refractivity contribution in [3.63, 3.8) is 0 Å². The number of hydrogen-bond donors (Lipinski definition) is 0. The van der Waals surface area contributed by atoms with Crippen LogP contribution in [-0.4, -0.2) is 35.8 Å². The number of nitrogens with zero attached hydrogens (tertiary/aromatic N) is 1. The van der Waals surface area contributed by atoms with E-state index in [0.29, 0.717) is 36.6 Å². The molecule has 2 aromatic rings. The Labute approximate surface area is 152 Å². The Balaban J connectivity index is 1.49. The Morgan fingerprint density at radius 1 is 1.19 bits per heavy atom. The number of carbonyl (C=O) groups excluding carboxylic acids is 2. The van der Waals surface area contributed by atoms with Gasteiger partial charge in [0.1, 0.15) is 17.6 Å². The van der Waals surface area contributed by atoms with Gasteiger partial charge in [-0.15, -0.1) is 0 Å². The first-order valence-corrected chi connectivity index (χ1v) is 9.17. The molecule has 1 aromatic heterocycles. The summed E-state index contributed by atoms with van der Waals surface area (Å²) < 4.78 is 11.6. The van der Waals surface area contributed by atoms with Crippen molar-refractivity contribution >= 4 is 11.7 Å². The molecule has 0 radical (unpaired) electrons. The minimum atomic E-state index is -0.174. The van der Waals surface area contributed by atoms with Crippen LogP contribution in [0.25, 0.3) is 0 Å². The number of aryl methyl sites for hydroxylation is 2. The van der Waals surface area contributed by atoms with E-state index in [1.54, 1.807) is 12.1 Å².